The molecule has 2 aliphatic rings. The molecule has 0 saturated carbocycles. The van der Waals surface area contributed by atoms with E-state index in [0.717, 1.165) is 64.5 Å². The van der Waals surface area contributed by atoms with Crippen LogP contribution in [-0.4, -0.2) is 135 Å². The van der Waals surface area contributed by atoms with Crippen molar-refractivity contribution in [2.45, 2.75) is 140 Å². The first-order chi connectivity index (χ1) is 32.6. The maximum Gasteiger partial charge on any atom is 0.256 e. The lowest BCUT2D eigenvalue weighted by molar-refractivity contribution is -0.134. The molecule has 0 unspecified atom stereocenters. The van der Waals surface area contributed by atoms with E-state index in [1.54, 1.807) is 6.20 Å². The zero-order valence-corrected chi connectivity index (χ0v) is 40.3. The SMILES string of the molecule is CCC[C@H](NC(=O)[C@H](CCN)NC(=O)[C@H](CCN)NC(=O)CCCCCCCCCCCNC(=O)c1cn2c3c(c(N4CCN(C)CC4)c(F)cc3c1=O)OC[C@@H]2C)C(=O)N[C@@H](CCN)C(N)=O. The summed E-state index contributed by atoms with van der Waals surface area (Å²) in [6, 6.07) is -2.99. The first-order valence-electron chi connectivity index (χ1n) is 24.5. The van der Waals surface area contributed by atoms with Crippen LogP contribution in [0.4, 0.5) is 10.1 Å². The molecule has 20 nitrogen and oxygen atoms in total. The molecule has 2 aliphatic heterocycles. The maximum atomic E-state index is 15.7. The van der Waals surface area contributed by atoms with Crippen molar-refractivity contribution in [3.05, 3.63) is 33.9 Å². The van der Waals surface area contributed by atoms with E-state index in [1.165, 1.54) is 6.07 Å². The minimum absolute atomic E-state index is 0.0140. The lowest BCUT2D eigenvalue weighted by Gasteiger charge is -2.37. The number of hydrogen-bond acceptors (Lipinski definition) is 13. The Kier molecular flexibility index (Phi) is 22.9. The summed E-state index contributed by atoms with van der Waals surface area (Å²) in [5.74, 6) is -3.56. The predicted molar refractivity (Wildman–Crippen MR) is 259 cm³/mol. The molecule has 1 fully saturated rings. The smallest absolute Gasteiger partial charge is 0.256 e. The van der Waals surface area contributed by atoms with Crippen molar-refractivity contribution < 1.29 is 37.9 Å². The molecule has 1 aromatic heterocycles. The molecule has 5 atom stereocenters. The standard InChI is InChI=1S/C47H77FN12O8/c1-4-14-35(45(65)55-34(16-19-49)43(52)63)56-47(67)37(18-21-51)57-46(66)36(17-20-50)54-38(61)15-12-10-8-6-5-7-9-11-13-22-53-44(64)32-28-60-30(2)29-68-42-39(60)31(41(32)62)27-33(48)40(42)59-25-23-58(3)24-26-59/h27-28,30,34-37H,4-26,29,49-51H2,1-3H3,(H2,52,63)(H,53,64)(H,54,61)(H,55,65)(H,56,67)(H,57,66)/t30-,34-,35-,36-,37-/m0/s1. The summed E-state index contributed by atoms with van der Waals surface area (Å²) >= 11 is 0. The van der Waals surface area contributed by atoms with Crippen molar-refractivity contribution in [1.82, 2.24) is 36.1 Å². The third kappa shape index (κ3) is 15.8. The highest BCUT2D eigenvalue weighted by Crippen LogP contribution is 2.42. The Morgan fingerprint density at radius 3 is 1.82 bits per heavy atom. The summed E-state index contributed by atoms with van der Waals surface area (Å²) < 4.78 is 23.6. The van der Waals surface area contributed by atoms with E-state index < -0.39 is 64.9 Å². The number of nitrogens with one attached hydrogen (secondary N) is 5. The van der Waals surface area contributed by atoms with Crippen LogP contribution < -0.4 is 64.6 Å². The monoisotopic (exact) mass is 957 g/mol. The number of piperazine rings is 1. The molecule has 2 aromatic rings. The zero-order valence-electron chi connectivity index (χ0n) is 40.3. The second-order valence-corrected chi connectivity index (χ2v) is 18.1. The molecule has 3 heterocycles. The maximum absolute atomic E-state index is 15.7. The van der Waals surface area contributed by atoms with Gasteiger partial charge in [-0.1, -0.05) is 58.3 Å². The summed E-state index contributed by atoms with van der Waals surface area (Å²) in [5.41, 5.74) is 22.8. The number of carbonyl (C=O) groups is 6. The van der Waals surface area contributed by atoms with Gasteiger partial charge in [0.2, 0.25) is 35.0 Å². The highest BCUT2D eigenvalue weighted by molar-refractivity contribution is 6.00. The molecule has 380 valence electrons. The van der Waals surface area contributed by atoms with Gasteiger partial charge in [-0.2, -0.15) is 0 Å². The number of aromatic nitrogens is 1. The molecular weight excluding hydrogens is 880 g/mol. The molecule has 13 N–H and O–H groups in total. The van der Waals surface area contributed by atoms with E-state index in [1.807, 2.05) is 30.4 Å². The minimum Gasteiger partial charge on any atom is -0.487 e. The van der Waals surface area contributed by atoms with Crippen molar-refractivity contribution in [3.63, 3.8) is 0 Å². The number of nitrogens with two attached hydrogens (primary N) is 4. The largest absolute Gasteiger partial charge is 0.487 e. The quantitative estimate of drug-likeness (QED) is 0.0489. The van der Waals surface area contributed by atoms with E-state index in [2.05, 4.69) is 31.5 Å². The van der Waals surface area contributed by atoms with Crippen LogP contribution in [0.3, 0.4) is 0 Å². The number of amides is 6. The van der Waals surface area contributed by atoms with Gasteiger partial charge in [0.25, 0.3) is 5.91 Å². The molecule has 68 heavy (non-hydrogen) atoms. The number of hydrogen-bond donors (Lipinski definition) is 9. The number of nitrogens with zero attached hydrogens (tertiary/aromatic N) is 3. The highest BCUT2D eigenvalue weighted by Gasteiger charge is 2.33. The number of ether oxygens (including phenoxy) is 1. The predicted octanol–water partition coefficient (Wildman–Crippen LogP) is 0.748. The second kappa shape index (κ2) is 28.2. The number of anilines is 1. The van der Waals surface area contributed by atoms with Gasteiger partial charge in [0, 0.05) is 45.3 Å². The Hall–Kier alpha value is -5.38. The van der Waals surface area contributed by atoms with Gasteiger partial charge in [0.1, 0.15) is 42.0 Å². The minimum atomic E-state index is -1.10. The molecule has 0 bridgehead atoms. The van der Waals surface area contributed by atoms with Crippen LogP contribution >= 0.6 is 0 Å². The van der Waals surface area contributed by atoms with E-state index in [9.17, 15) is 33.6 Å². The molecular formula is C47H77FN12O8. The number of rotatable bonds is 30. The van der Waals surface area contributed by atoms with Crippen LogP contribution in [0.5, 0.6) is 5.75 Å². The normalized spacial score (nSPS) is 16.5. The Balaban J connectivity index is 1.13. The van der Waals surface area contributed by atoms with Crippen LogP contribution in [0.2, 0.25) is 0 Å². The third-order valence-corrected chi connectivity index (χ3v) is 12.6. The molecule has 6 amide bonds. The van der Waals surface area contributed by atoms with Gasteiger partial charge < -0.3 is 68.6 Å². The van der Waals surface area contributed by atoms with Crippen molar-refractivity contribution >= 4 is 52.0 Å². The van der Waals surface area contributed by atoms with E-state index in [4.69, 9.17) is 27.7 Å². The van der Waals surface area contributed by atoms with E-state index in [0.29, 0.717) is 56.0 Å². The van der Waals surface area contributed by atoms with Gasteiger partial charge in [-0.25, -0.2) is 4.39 Å². The summed E-state index contributed by atoms with van der Waals surface area (Å²) in [5, 5.41) is 13.6. The van der Waals surface area contributed by atoms with Gasteiger partial charge >= 0.3 is 0 Å². The number of pyridine rings is 1. The third-order valence-electron chi connectivity index (χ3n) is 12.6. The molecule has 21 heteroatoms. The lowest BCUT2D eigenvalue weighted by Crippen LogP contribution is -2.58. The van der Waals surface area contributed by atoms with Crippen LogP contribution in [0.15, 0.2) is 17.1 Å². The number of halogens is 1. The van der Waals surface area contributed by atoms with Gasteiger partial charge in [-0.3, -0.25) is 33.6 Å². The number of primary amides is 1. The molecule has 0 radical (unpaired) electrons. The summed E-state index contributed by atoms with van der Waals surface area (Å²) in [4.78, 5) is 95.2. The second-order valence-electron chi connectivity index (χ2n) is 18.1. The first kappa shape index (κ1) is 55.2. The number of carbonyl (C=O) groups excluding carboxylic acids is 6. The lowest BCUT2D eigenvalue weighted by atomic mass is 10.0. The first-order valence-corrected chi connectivity index (χ1v) is 24.5. The highest BCUT2D eigenvalue weighted by atomic mass is 19.1. The van der Waals surface area contributed by atoms with Gasteiger partial charge in [-0.05, 0) is 78.2 Å². The Labute approximate surface area is 398 Å². The van der Waals surface area contributed by atoms with E-state index in [-0.39, 0.29) is 74.6 Å². The number of likely N-dealkylation sites (N-methyl/N-ethyl adjacent to an activating group) is 1. The van der Waals surface area contributed by atoms with Crippen LogP contribution in [0.25, 0.3) is 10.9 Å². The molecule has 4 rings (SSSR count). The van der Waals surface area contributed by atoms with Gasteiger partial charge in [0.15, 0.2) is 11.6 Å². The summed E-state index contributed by atoms with van der Waals surface area (Å²) in [6.07, 6.45) is 11.0. The average Bonchev–Trinajstić information content (AvgIpc) is 3.30. The van der Waals surface area contributed by atoms with Crippen LogP contribution in [-0.2, 0) is 24.0 Å². The van der Waals surface area contributed by atoms with E-state index >= 15 is 4.39 Å². The Morgan fingerprint density at radius 1 is 0.750 bits per heavy atom. The number of benzene rings is 1. The summed E-state index contributed by atoms with van der Waals surface area (Å²) in [7, 11) is 2.03. The van der Waals surface area contributed by atoms with Crippen molar-refractivity contribution in [2.75, 3.05) is 70.9 Å². The van der Waals surface area contributed by atoms with Gasteiger partial charge in [-0.15, -0.1) is 0 Å². The molecule has 0 spiro atoms. The Bertz CT molecular complexity index is 2080. The fourth-order valence-corrected chi connectivity index (χ4v) is 8.61. The van der Waals surface area contributed by atoms with Crippen molar-refractivity contribution in [2.24, 2.45) is 22.9 Å². The van der Waals surface area contributed by atoms with Crippen molar-refractivity contribution in [1.29, 1.82) is 0 Å². The molecule has 1 aromatic carbocycles. The summed E-state index contributed by atoms with van der Waals surface area (Å²) in [6.45, 7) is 7.59. The fourth-order valence-electron chi connectivity index (χ4n) is 8.61. The molecule has 0 aliphatic carbocycles. The fraction of sp³-hybridized carbons (Fsp3) is 0.681. The Morgan fingerprint density at radius 2 is 1.26 bits per heavy atom. The van der Waals surface area contributed by atoms with Crippen molar-refractivity contribution in [3.8, 4) is 5.75 Å². The van der Waals surface area contributed by atoms with Crippen LogP contribution in [0.1, 0.15) is 127 Å². The average molecular weight is 957 g/mol. The van der Waals surface area contributed by atoms with Gasteiger partial charge in [0.05, 0.1) is 16.9 Å². The zero-order chi connectivity index (χ0) is 49.8. The topological polar surface area (TPSA) is 304 Å². The number of unbranched alkanes of at least 4 members (excludes halogenated alkanes) is 8. The van der Waals surface area contributed by atoms with Crippen LogP contribution in [0, 0.1) is 5.82 Å². The molecule has 1 saturated heterocycles.